The molecule has 5 heteroatoms. The second-order valence-corrected chi connectivity index (χ2v) is 7.78. The number of carbonyl (C=O) groups is 1. The molecule has 4 rings (SSSR count). The summed E-state index contributed by atoms with van der Waals surface area (Å²) in [5.41, 5.74) is 5.52. The van der Waals surface area contributed by atoms with Crippen molar-refractivity contribution in [2.75, 3.05) is 11.4 Å². The van der Waals surface area contributed by atoms with Gasteiger partial charge in [0, 0.05) is 23.3 Å². The maximum absolute atomic E-state index is 13.3. The van der Waals surface area contributed by atoms with E-state index in [2.05, 4.69) is 35.1 Å². The summed E-state index contributed by atoms with van der Waals surface area (Å²) >= 11 is 1.49. The molecule has 2 aromatic heterocycles. The topological polar surface area (TPSA) is 46.1 Å². The summed E-state index contributed by atoms with van der Waals surface area (Å²) in [6.45, 7) is 8.77. The molecule has 0 bridgehead atoms. The van der Waals surface area contributed by atoms with E-state index in [0.29, 0.717) is 0 Å². The lowest BCUT2D eigenvalue weighted by Gasteiger charge is -2.29. The molecule has 0 aliphatic carbocycles. The van der Waals surface area contributed by atoms with Gasteiger partial charge in [0.15, 0.2) is 0 Å². The maximum atomic E-state index is 13.3. The van der Waals surface area contributed by atoms with Crippen molar-refractivity contribution < 1.29 is 4.79 Å². The van der Waals surface area contributed by atoms with Crippen LogP contribution < -0.4 is 4.90 Å². The van der Waals surface area contributed by atoms with Crippen LogP contribution in [0.1, 0.15) is 44.3 Å². The fraction of sp³-hybridized carbons (Fsp3) is 0.350. The van der Waals surface area contributed by atoms with E-state index in [4.69, 9.17) is 0 Å². The molecule has 0 saturated carbocycles. The van der Waals surface area contributed by atoms with Gasteiger partial charge < -0.3 is 4.90 Å². The van der Waals surface area contributed by atoms with Crippen LogP contribution >= 0.6 is 11.3 Å². The summed E-state index contributed by atoms with van der Waals surface area (Å²) in [6.07, 6.45) is 2.04. The molecule has 3 aromatic rings. The minimum atomic E-state index is 0.0855. The molecule has 0 fully saturated rings. The summed E-state index contributed by atoms with van der Waals surface area (Å²) in [5.74, 6) is 0.839. The predicted octanol–water partition coefficient (Wildman–Crippen LogP) is 4.52. The standard InChI is InChI=1S/C20H21N3OS/c1-11-7-8-16-15(10-11)6-5-9-23(16)20(24)18-12(2)17-13(3)21-14(4)22-19(17)25-18/h7-8,10H,5-6,9H2,1-4H3. The number of hydrogen-bond donors (Lipinski definition) is 0. The van der Waals surface area contributed by atoms with E-state index in [9.17, 15) is 4.79 Å². The Hall–Kier alpha value is -2.27. The minimum absolute atomic E-state index is 0.0855. The van der Waals surface area contributed by atoms with Gasteiger partial charge in [0.25, 0.3) is 5.91 Å². The Morgan fingerprint density at radius 1 is 1.16 bits per heavy atom. The lowest BCUT2D eigenvalue weighted by Crippen LogP contribution is -2.35. The molecular formula is C20H21N3OS. The van der Waals surface area contributed by atoms with Gasteiger partial charge in [-0.3, -0.25) is 4.79 Å². The van der Waals surface area contributed by atoms with Gasteiger partial charge in [-0.15, -0.1) is 11.3 Å². The van der Waals surface area contributed by atoms with Crippen LogP contribution in [0.25, 0.3) is 10.2 Å². The number of aryl methyl sites for hydroxylation is 5. The molecule has 25 heavy (non-hydrogen) atoms. The van der Waals surface area contributed by atoms with Crippen molar-refractivity contribution in [2.45, 2.75) is 40.5 Å². The fourth-order valence-electron chi connectivity index (χ4n) is 3.74. The summed E-state index contributed by atoms with van der Waals surface area (Å²) in [6, 6.07) is 6.37. The molecule has 0 spiro atoms. The molecule has 0 radical (unpaired) electrons. The van der Waals surface area contributed by atoms with Crippen molar-refractivity contribution >= 4 is 33.1 Å². The Morgan fingerprint density at radius 2 is 1.96 bits per heavy atom. The zero-order chi connectivity index (χ0) is 17.7. The second-order valence-electron chi connectivity index (χ2n) is 6.79. The lowest BCUT2D eigenvalue weighted by molar-refractivity contribution is 0.0988. The molecule has 1 amide bonds. The number of anilines is 1. The number of aromatic nitrogens is 2. The van der Waals surface area contributed by atoms with Gasteiger partial charge in [-0.25, -0.2) is 9.97 Å². The molecule has 0 saturated heterocycles. The van der Waals surface area contributed by atoms with E-state index in [1.165, 1.54) is 22.5 Å². The van der Waals surface area contributed by atoms with Gasteiger partial charge in [0.05, 0.1) is 4.88 Å². The average molecular weight is 351 g/mol. The Balaban J connectivity index is 1.82. The van der Waals surface area contributed by atoms with Gasteiger partial charge in [-0.1, -0.05) is 17.7 Å². The maximum Gasteiger partial charge on any atom is 0.268 e. The van der Waals surface area contributed by atoms with Crippen LogP contribution in [0.5, 0.6) is 0 Å². The van der Waals surface area contributed by atoms with Gasteiger partial charge in [0.2, 0.25) is 0 Å². The van der Waals surface area contributed by atoms with Gasteiger partial charge in [0.1, 0.15) is 10.7 Å². The van der Waals surface area contributed by atoms with Crippen LogP contribution in [0, 0.1) is 27.7 Å². The molecule has 3 heterocycles. The third-order valence-electron chi connectivity index (χ3n) is 4.88. The number of carbonyl (C=O) groups excluding carboxylic acids is 1. The first kappa shape index (κ1) is 16.2. The van der Waals surface area contributed by atoms with Crippen molar-refractivity contribution in [3.63, 3.8) is 0 Å². The Bertz CT molecular complexity index is 1010. The van der Waals surface area contributed by atoms with Crippen LogP contribution in [0.4, 0.5) is 5.69 Å². The number of amides is 1. The van der Waals surface area contributed by atoms with Crippen molar-refractivity contribution in [3.8, 4) is 0 Å². The van der Waals surface area contributed by atoms with Crippen LogP contribution in [-0.4, -0.2) is 22.4 Å². The monoisotopic (exact) mass is 351 g/mol. The first-order valence-electron chi connectivity index (χ1n) is 8.61. The molecular weight excluding hydrogens is 330 g/mol. The van der Waals surface area contributed by atoms with E-state index in [-0.39, 0.29) is 5.91 Å². The number of nitrogens with zero attached hydrogens (tertiary/aromatic N) is 3. The number of benzene rings is 1. The molecule has 0 atom stereocenters. The molecule has 128 valence electrons. The quantitative estimate of drug-likeness (QED) is 0.648. The van der Waals surface area contributed by atoms with Crippen molar-refractivity contribution in [1.82, 2.24) is 9.97 Å². The highest BCUT2D eigenvalue weighted by atomic mass is 32.1. The number of fused-ring (bicyclic) bond motifs is 2. The highest BCUT2D eigenvalue weighted by Crippen LogP contribution is 2.35. The predicted molar refractivity (Wildman–Crippen MR) is 103 cm³/mol. The largest absolute Gasteiger partial charge is 0.307 e. The Morgan fingerprint density at radius 3 is 2.76 bits per heavy atom. The second kappa shape index (κ2) is 5.92. The van der Waals surface area contributed by atoms with Gasteiger partial charge in [-0.2, -0.15) is 0 Å². The number of rotatable bonds is 1. The molecule has 4 nitrogen and oxygen atoms in total. The van der Waals surface area contributed by atoms with E-state index in [1.54, 1.807) is 0 Å². The Labute approximate surface area is 151 Å². The van der Waals surface area contributed by atoms with Crippen LogP contribution in [-0.2, 0) is 6.42 Å². The van der Waals surface area contributed by atoms with Crippen molar-refractivity contribution in [3.05, 3.63) is 51.3 Å². The van der Waals surface area contributed by atoms with Crippen molar-refractivity contribution in [2.24, 2.45) is 0 Å². The van der Waals surface area contributed by atoms with E-state index in [1.807, 2.05) is 25.7 Å². The number of thiophene rings is 1. The van der Waals surface area contributed by atoms with E-state index >= 15 is 0 Å². The summed E-state index contributed by atoms with van der Waals surface area (Å²) in [4.78, 5) is 26.0. The summed E-state index contributed by atoms with van der Waals surface area (Å²) < 4.78 is 0. The normalized spacial score (nSPS) is 14.0. The highest BCUT2D eigenvalue weighted by Gasteiger charge is 2.27. The third kappa shape index (κ3) is 2.63. The van der Waals surface area contributed by atoms with Crippen LogP contribution in [0.15, 0.2) is 18.2 Å². The molecule has 1 aliphatic rings. The van der Waals surface area contributed by atoms with Crippen LogP contribution in [0.2, 0.25) is 0 Å². The summed E-state index contributed by atoms with van der Waals surface area (Å²) in [7, 11) is 0. The van der Waals surface area contributed by atoms with E-state index in [0.717, 1.165) is 57.2 Å². The van der Waals surface area contributed by atoms with Crippen molar-refractivity contribution in [1.29, 1.82) is 0 Å². The SMILES string of the molecule is Cc1ccc2c(c1)CCCN2C(=O)c1sc2nc(C)nc(C)c2c1C. The zero-order valence-electron chi connectivity index (χ0n) is 15.0. The van der Waals surface area contributed by atoms with Gasteiger partial charge in [-0.05, 0) is 57.7 Å². The third-order valence-corrected chi connectivity index (χ3v) is 6.05. The first-order valence-corrected chi connectivity index (χ1v) is 9.43. The molecule has 1 aliphatic heterocycles. The summed E-state index contributed by atoms with van der Waals surface area (Å²) in [5, 5.41) is 1.03. The molecule has 0 unspecified atom stereocenters. The minimum Gasteiger partial charge on any atom is -0.307 e. The fourth-order valence-corrected chi connectivity index (χ4v) is 4.96. The molecule has 1 aromatic carbocycles. The number of hydrogen-bond acceptors (Lipinski definition) is 4. The van der Waals surface area contributed by atoms with Gasteiger partial charge >= 0.3 is 0 Å². The van der Waals surface area contributed by atoms with Crippen LogP contribution in [0.3, 0.4) is 0 Å². The lowest BCUT2D eigenvalue weighted by atomic mass is 9.99. The highest BCUT2D eigenvalue weighted by molar-refractivity contribution is 7.20. The molecule has 0 N–H and O–H groups in total. The van der Waals surface area contributed by atoms with E-state index < -0.39 is 0 Å². The smallest absolute Gasteiger partial charge is 0.268 e. The first-order chi connectivity index (χ1) is 12.0. The Kier molecular flexibility index (Phi) is 3.84. The zero-order valence-corrected chi connectivity index (χ0v) is 15.8. The average Bonchev–Trinajstić information content (AvgIpc) is 2.90.